The Kier molecular flexibility index (Phi) is 6.61. The zero-order chi connectivity index (χ0) is 21.5. The van der Waals surface area contributed by atoms with E-state index in [4.69, 9.17) is 9.47 Å². The third kappa shape index (κ3) is 5.11. The molecule has 1 aliphatic heterocycles. The Morgan fingerprint density at radius 2 is 1.94 bits per heavy atom. The number of hydrogen-bond donors (Lipinski definition) is 1. The molecule has 156 valence electrons. The molecule has 1 heterocycles. The quantitative estimate of drug-likeness (QED) is 0.454. The molecule has 31 heavy (non-hydrogen) atoms. The number of amides is 1. The van der Waals surface area contributed by atoms with E-state index < -0.39 is 5.91 Å². The Morgan fingerprint density at radius 3 is 2.71 bits per heavy atom. The Hall–Kier alpha value is -3.62. The van der Waals surface area contributed by atoms with Gasteiger partial charge in [-0.2, -0.15) is 5.26 Å². The van der Waals surface area contributed by atoms with Gasteiger partial charge >= 0.3 is 0 Å². The summed E-state index contributed by atoms with van der Waals surface area (Å²) in [6.07, 6.45) is 3.56. The summed E-state index contributed by atoms with van der Waals surface area (Å²) in [4.78, 5) is 12.7. The zero-order valence-corrected chi connectivity index (χ0v) is 17.2. The fourth-order valence-electron chi connectivity index (χ4n) is 3.69. The summed E-state index contributed by atoms with van der Waals surface area (Å²) < 4.78 is 11.6. The summed E-state index contributed by atoms with van der Waals surface area (Å²) >= 11 is 0. The van der Waals surface area contributed by atoms with Gasteiger partial charge in [0.15, 0.2) is 0 Å². The van der Waals surface area contributed by atoms with Crippen LogP contribution in [0, 0.1) is 11.3 Å². The van der Waals surface area contributed by atoms with E-state index in [0.29, 0.717) is 18.9 Å². The lowest BCUT2D eigenvalue weighted by atomic mass is 10.0. The lowest BCUT2D eigenvalue weighted by Crippen LogP contribution is -2.32. The number of ether oxygens (including phenoxy) is 2. The molecule has 3 aromatic rings. The van der Waals surface area contributed by atoms with Crippen LogP contribution in [0.3, 0.4) is 0 Å². The second-order valence-corrected chi connectivity index (χ2v) is 7.49. The van der Waals surface area contributed by atoms with Gasteiger partial charge in [0.25, 0.3) is 5.91 Å². The maximum atomic E-state index is 12.7. The minimum absolute atomic E-state index is 0.0196. The van der Waals surface area contributed by atoms with Gasteiger partial charge in [-0.25, -0.2) is 0 Å². The maximum Gasteiger partial charge on any atom is 0.262 e. The average molecular weight is 412 g/mol. The summed E-state index contributed by atoms with van der Waals surface area (Å²) in [7, 11) is 0. The molecule has 1 N–H and O–H groups in total. The summed E-state index contributed by atoms with van der Waals surface area (Å²) in [6, 6.07) is 23.7. The van der Waals surface area contributed by atoms with E-state index in [2.05, 4.69) is 5.32 Å². The smallest absolute Gasteiger partial charge is 0.262 e. The molecule has 0 radical (unpaired) electrons. The lowest BCUT2D eigenvalue weighted by molar-refractivity contribution is -0.117. The van der Waals surface area contributed by atoms with Gasteiger partial charge in [0.1, 0.15) is 24.0 Å². The van der Waals surface area contributed by atoms with Crippen molar-refractivity contribution >= 4 is 22.8 Å². The van der Waals surface area contributed by atoms with E-state index in [-0.39, 0.29) is 11.7 Å². The molecule has 1 amide bonds. The van der Waals surface area contributed by atoms with Gasteiger partial charge in [-0.3, -0.25) is 4.79 Å². The number of fused-ring (bicyclic) bond motifs is 1. The molecule has 1 aliphatic rings. The first-order valence-electron chi connectivity index (χ1n) is 10.4. The van der Waals surface area contributed by atoms with Gasteiger partial charge in [-0.05, 0) is 41.3 Å². The molecule has 3 aromatic carbocycles. The Bertz CT molecular complexity index is 1130. The van der Waals surface area contributed by atoms with Crippen LogP contribution < -0.4 is 10.1 Å². The normalized spacial score (nSPS) is 16.1. The number of nitriles is 1. The molecule has 0 saturated carbocycles. The third-order valence-corrected chi connectivity index (χ3v) is 5.34. The van der Waals surface area contributed by atoms with Gasteiger partial charge in [0.05, 0.1) is 6.10 Å². The summed E-state index contributed by atoms with van der Waals surface area (Å²) in [5.74, 6) is 0.224. The van der Waals surface area contributed by atoms with E-state index >= 15 is 0 Å². The highest BCUT2D eigenvalue weighted by atomic mass is 16.5. The van der Waals surface area contributed by atoms with E-state index in [1.165, 1.54) is 0 Å². The van der Waals surface area contributed by atoms with Gasteiger partial charge in [-0.1, -0.05) is 60.7 Å². The van der Waals surface area contributed by atoms with Crippen molar-refractivity contribution in [2.45, 2.75) is 25.6 Å². The van der Waals surface area contributed by atoms with Gasteiger partial charge in [-0.15, -0.1) is 0 Å². The fraction of sp³-hybridized carbons (Fsp3) is 0.231. The van der Waals surface area contributed by atoms with Crippen LogP contribution in [0.15, 0.2) is 72.3 Å². The van der Waals surface area contributed by atoms with Crippen LogP contribution in [-0.2, 0) is 16.1 Å². The first kappa shape index (κ1) is 20.6. The minimum Gasteiger partial charge on any atom is -0.488 e. The monoisotopic (exact) mass is 412 g/mol. The molecule has 5 heteroatoms. The van der Waals surface area contributed by atoms with Crippen molar-refractivity contribution in [3.63, 3.8) is 0 Å². The van der Waals surface area contributed by atoms with Gasteiger partial charge < -0.3 is 14.8 Å². The number of nitrogens with one attached hydrogen (secondary N) is 1. The highest BCUT2D eigenvalue weighted by molar-refractivity contribution is 6.05. The number of nitrogens with zero attached hydrogens (tertiary/aromatic N) is 1. The molecule has 0 bridgehead atoms. The van der Waals surface area contributed by atoms with Crippen molar-refractivity contribution < 1.29 is 14.3 Å². The number of benzene rings is 3. The largest absolute Gasteiger partial charge is 0.488 e. The van der Waals surface area contributed by atoms with Crippen LogP contribution in [0.2, 0.25) is 0 Å². The van der Waals surface area contributed by atoms with Crippen LogP contribution >= 0.6 is 0 Å². The predicted octanol–water partition coefficient (Wildman–Crippen LogP) is 4.62. The highest BCUT2D eigenvalue weighted by Gasteiger charge is 2.18. The SMILES string of the molecule is N#C/C(=C\c1c(OCc2ccccc2)ccc2ccccc12)C(=O)NC[C@H]1CCCO1. The van der Waals surface area contributed by atoms with E-state index in [1.54, 1.807) is 6.08 Å². The van der Waals surface area contributed by atoms with Crippen molar-refractivity contribution in [1.82, 2.24) is 5.32 Å². The molecule has 5 nitrogen and oxygen atoms in total. The molecule has 0 spiro atoms. The van der Waals surface area contributed by atoms with Crippen molar-refractivity contribution in [3.8, 4) is 11.8 Å². The molecular weight excluding hydrogens is 388 g/mol. The van der Waals surface area contributed by atoms with Crippen molar-refractivity contribution in [1.29, 1.82) is 5.26 Å². The van der Waals surface area contributed by atoms with E-state index in [1.807, 2.05) is 72.8 Å². The Labute approximate surface area is 181 Å². The summed E-state index contributed by atoms with van der Waals surface area (Å²) in [5.41, 5.74) is 1.80. The number of carbonyl (C=O) groups excluding carboxylic acids is 1. The molecule has 1 atom stereocenters. The fourth-order valence-corrected chi connectivity index (χ4v) is 3.69. The van der Waals surface area contributed by atoms with Gasteiger partial charge in [0.2, 0.25) is 0 Å². The molecule has 0 aromatic heterocycles. The van der Waals surface area contributed by atoms with Crippen LogP contribution in [0.4, 0.5) is 0 Å². The number of carbonyl (C=O) groups is 1. The van der Waals surface area contributed by atoms with Crippen molar-refractivity contribution in [2.24, 2.45) is 0 Å². The zero-order valence-electron chi connectivity index (χ0n) is 17.2. The van der Waals surface area contributed by atoms with E-state index in [9.17, 15) is 10.1 Å². The highest BCUT2D eigenvalue weighted by Crippen LogP contribution is 2.31. The predicted molar refractivity (Wildman–Crippen MR) is 120 cm³/mol. The second-order valence-electron chi connectivity index (χ2n) is 7.49. The standard InChI is InChI=1S/C26H24N2O3/c27-16-21(26(29)28-17-22-10-6-14-30-22)15-24-23-11-5-4-9-20(23)12-13-25(24)31-18-19-7-2-1-3-8-19/h1-5,7-9,11-13,15,22H,6,10,14,17-18H2,(H,28,29)/b21-15+/t22-/m1/s1. The summed E-state index contributed by atoms with van der Waals surface area (Å²) in [6.45, 7) is 1.53. The first-order valence-corrected chi connectivity index (χ1v) is 10.4. The number of rotatable bonds is 7. The first-order chi connectivity index (χ1) is 15.2. The molecular formula is C26H24N2O3. The Morgan fingerprint density at radius 1 is 1.13 bits per heavy atom. The molecule has 4 rings (SSSR count). The molecule has 1 fully saturated rings. The van der Waals surface area contributed by atoms with Crippen LogP contribution in [0.5, 0.6) is 5.75 Å². The molecule has 0 unspecified atom stereocenters. The van der Waals surface area contributed by atoms with Crippen molar-refractivity contribution in [3.05, 3.63) is 83.4 Å². The average Bonchev–Trinajstić information content (AvgIpc) is 3.34. The lowest BCUT2D eigenvalue weighted by Gasteiger charge is -2.13. The van der Waals surface area contributed by atoms with E-state index in [0.717, 1.165) is 41.3 Å². The third-order valence-electron chi connectivity index (χ3n) is 5.34. The topological polar surface area (TPSA) is 71.3 Å². The molecule has 0 aliphatic carbocycles. The second kappa shape index (κ2) is 9.92. The van der Waals surface area contributed by atoms with Gasteiger partial charge in [0, 0.05) is 18.7 Å². The number of hydrogen-bond acceptors (Lipinski definition) is 4. The van der Waals surface area contributed by atoms with Crippen LogP contribution in [0.1, 0.15) is 24.0 Å². The van der Waals surface area contributed by atoms with Crippen molar-refractivity contribution in [2.75, 3.05) is 13.2 Å². The summed E-state index contributed by atoms with van der Waals surface area (Å²) in [5, 5.41) is 14.4. The Balaban J connectivity index is 1.62. The maximum absolute atomic E-state index is 12.7. The molecule has 1 saturated heterocycles. The minimum atomic E-state index is -0.403. The van der Waals surface area contributed by atoms with Crippen LogP contribution in [0.25, 0.3) is 16.8 Å². The van der Waals surface area contributed by atoms with Crippen LogP contribution in [-0.4, -0.2) is 25.2 Å².